The summed E-state index contributed by atoms with van der Waals surface area (Å²) in [7, 11) is 5.46. The van der Waals surface area contributed by atoms with E-state index in [1.165, 1.54) is 11.3 Å². The van der Waals surface area contributed by atoms with Crippen LogP contribution in [0.15, 0.2) is 0 Å². The number of nitrogens with zero attached hydrogens (tertiary/aromatic N) is 2. The van der Waals surface area contributed by atoms with Gasteiger partial charge in [-0.2, -0.15) is 0 Å². The van der Waals surface area contributed by atoms with E-state index in [-0.39, 0.29) is 6.09 Å². The van der Waals surface area contributed by atoms with Crippen LogP contribution in [-0.2, 0) is 4.74 Å². The van der Waals surface area contributed by atoms with Crippen LogP contribution in [-0.4, -0.2) is 56.2 Å². The first kappa shape index (κ1) is 10.3. The highest BCUT2D eigenvalue weighted by molar-refractivity contribution is 5.66. The number of carbonyl (C=O) groups is 1. The van der Waals surface area contributed by atoms with Crippen LogP contribution < -0.4 is 0 Å². The molecule has 4 heteroatoms. The van der Waals surface area contributed by atoms with E-state index >= 15 is 0 Å². The second-order valence-corrected chi connectivity index (χ2v) is 3.75. The molecule has 0 radical (unpaired) electrons. The molecule has 1 saturated heterocycles. The fourth-order valence-corrected chi connectivity index (χ4v) is 1.49. The summed E-state index contributed by atoms with van der Waals surface area (Å²) in [6.07, 6.45) is 2.10. The number of likely N-dealkylation sites (N-methyl/N-ethyl adjacent to an activating group) is 1. The first-order chi connectivity index (χ1) is 6.11. The molecule has 13 heavy (non-hydrogen) atoms. The van der Waals surface area contributed by atoms with Crippen molar-refractivity contribution in [3.8, 4) is 0 Å². The Morgan fingerprint density at radius 3 is 2.77 bits per heavy atom. The van der Waals surface area contributed by atoms with Crippen molar-refractivity contribution in [2.75, 3.05) is 34.3 Å². The molecule has 0 spiro atoms. The van der Waals surface area contributed by atoms with Crippen LogP contribution >= 0.6 is 0 Å². The average Bonchev–Trinajstić information content (AvgIpc) is 2.47. The fourth-order valence-electron chi connectivity index (χ4n) is 1.49. The number of hydrogen-bond donors (Lipinski definition) is 0. The second kappa shape index (κ2) is 4.46. The molecule has 0 aromatic heterocycles. The summed E-state index contributed by atoms with van der Waals surface area (Å²) < 4.78 is 5.10. The summed E-state index contributed by atoms with van der Waals surface area (Å²) in [5, 5.41) is 0. The van der Waals surface area contributed by atoms with Crippen LogP contribution in [0.4, 0.5) is 4.79 Å². The number of hydrogen-bond acceptors (Lipinski definition) is 3. The maximum Gasteiger partial charge on any atom is 0.409 e. The van der Waals surface area contributed by atoms with E-state index in [0.717, 1.165) is 13.0 Å². The average molecular weight is 186 g/mol. The predicted molar refractivity (Wildman–Crippen MR) is 50.7 cm³/mol. The van der Waals surface area contributed by atoms with Gasteiger partial charge in [-0.1, -0.05) is 0 Å². The molecule has 4 nitrogen and oxygen atoms in total. The summed E-state index contributed by atoms with van der Waals surface area (Å²) in [4.78, 5) is 14.8. The van der Waals surface area contributed by atoms with Crippen molar-refractivity contribution in [3.63, 3.8) is 0 Å². The largest absolute Gasteiger partial charge is 0.448 e. The normalized spacial score (nSPS) is 23.2. The van der Waals surface area contributed by atoms with Gasteiger partial charge in [0.05, 0.1) is 0 Å². The molecule has 1 aliphatic rings. The number of rotatable bonds is 2. The lowest BCUT2D eigenvalue weighted by Crippen LogP contribution is -2.33. The maximum absolute atomic E-state index is 11.1. The highest BCUT2D eigenvalue weighted by atomic mass is 16.6. The smallest absolute Gasteiger partial charge is 0.409 e. The van der Waals surface area contributed by atoms with E-state index in [1.54, 1.807) is 14.1 Å². The monoisotopic (exact) mass is 186 g/mol. The van der Waals surface area contributed by atoms with Crippen molar-refractivity contribution >= 4 is 6.09 Å². The molecule has 0 N–H and O–H groups in total. The Labute approximate surface area is 79.4 Å². The van der Waals surface area contributed by atoms with Gasteiger partial charge in [0.1, 0.15) is 6.61 Å². The Morgan fingerprint density at radius 1 is 1.62 bits per heavy atom. The second-order valence-electron chi connectivity index (χ2n) is 3.75. The summed E-state index contributed by atoms with van der Waals surface area (Å²) >= 11 is 0. The third-order valence-corrected chi connectivity index (χ3v) is 2.44. The Morgan fingerprint density at radius 2 is 2.31 bits per heavy atom. The zero-order valence-corrected chi connectivity index (χ0v) is 8.62. The summed E-state index contributed by atoms with van der Waals surface area (Å²) in [6.45, 7) is 1.64. The SMILES string of the molecule is CN(C)C(=O)OC[C@H]1CCCN1C. The van der Waals surface area contributed by atoms with Gasteiger partial charge in [-0.15, -0.1) is 0 Å². The Hall–Kier alpha value is -0.770. The van der Waals surface area contributed by atoms with Gasteiger partial charge >= 0.3 is 6.09 Å². The van der Waals surface area contributed by atoms with E-state index < -0.39 is 0 Å². The molecule has 1 atom stereocenters. The van der Waals surface area contributed by atoms with Crippen molar-refractivity contribution in [2.24, 2.45) is 0 Å². The first-order valence-electron chi connectivity index (χ1n) is 4.65. The van der Waals surface area contributed by atoms with Crippen molar-refractivity contribution < 1.29 is 9.53 Å². The minimum absolute atomic E-state index is 0.250. The predicted octanol–water partition coefficient (Wildman–Crippen LogP) is 0.779. The van der Waals surface area contributed by atoms with Gasteiger partial charge in [0.15, 0.2) is 0 Å². The highest BCUT2D eigenvalue weighted by Crippen LogP contribution is 2.14. The quantitative estimate of drug-likeness (QED) is 0.639. The molecule has 1 rings (SSSR count). The zero-order chi connectivity index (χ0) is 9.84. The van der Waals surface area contributed by atoms with Crippen molar-refractivity contribution in [3.05, 3.63) is 0 Å². The lowest BCUT2D eigenvalue weighted by Gasteiger charge is -2.20. The third kappa shape index (κ3) is 2.88. The molecule has 1 amide bonds. The van der Waals surface area contributed by atoms with Crippen LogP contribution in [0, 0.1) is 0 Å². The molecule has 1 aliphatic heterocycles. The van der Waals surface area contributed by atoms with Crippen LogP contribution in [0.2, 0.25) is 0 Å². The number of amides is 1. The standard InChI is InChI=1S/C9H18N2O2/c1-10(2)9(12)13-7-8-5-4-6-11(8)3/h8H,4-7H2,1-3H3/t8-/m1/s1. The Bertz CT molecular complexity index is 182. The van der Waals surface area contributed by atoms with Gasteiger partial charge in [-0.3, -0.25) is 0 Å². The van der Waals surface area contributed by atoms with Gasteiger partial charge in [-0.25, -0.2) is 4.79 Å². The van der Waals surface area contributed by atoms with E-state index in [4.69, 9.17) is 4.74 Å². The molecule has 76 valence electrons. The summed E-state index contributed by atoms with van der Waals surface area (Å²) in [5.41, 5.74) is 0. The van der Waals surface area contributed by atoms with Gasteiger partial charge in [0.25, 0.3) is 0 Å². The molecule has 0 bridgehead atoms. The maximum atomic E-state index is 11.1. The highest BCUT2D eigenvalue weighted by Gasteiger charge is 2.22. The van der Waals surface area contributed by atoms with E-state index in [9.17, 15) is 4.79 Å². The van der Waals surface area contributed by atoms with E-state index in [0.29, 0.717) is 12.6 Å². The molecule has 0 unspecified atom stereocenters. The lowest BCUT2D eigenvalue weighted by atomic mass is 10.2. The Balaban J connectivity index is 2.22. The van der Waals surface area contributed by atoms with Crippen LogP contribution in [0.3, 0.4) is 0 Å². The molecule has 1 fully saturated rings. The minimum atomic E-state index is -0.250. The topological polar surface area (TPSA) is 32.8 Å². The van der Waals surface area contributed by atoms with Crippen molar-refractivity contribution in [2.45, 2.75) is 18.9 Å². The lowest BCUT2D eigenvalue weighted by molar-refractivity contribution is 0.0932. The van der Waals surface area contributed by atoms with Crippen LogP contribution in [0.5, 0.6) is 0 Å². The summed E-state index contributed by atoms with van der Waals surface area (Å²) in [6, 6.07) is 0.420. The molecule has 1 heterocycles. The third-order valence-electron chi connectivity index (χ3n) is 2.44. The van der Waals surface area contributed by atoms with E-state index in [2.05, 4.69) is 11.9 Å². The minimum Gasteiger partial charge on any atom is -0.448 e. The van der Waals surface area contributed by atoms with Gasteiger partial charge in [0, 0.05) is 20.1 Å². The number of ether oxygens (including phenoxy) is 1. The molecule has 0 aromatic rings. The molecule has 0 saturated carbocycles. The molecule has 0 aromatic carbocycles. The van der Waals surface area contributed by atoms with Gasteiger partial charge < -0.3 is 14.5 Å². The van der Waals surface area contributed by atoms with Crippen molar-refractivity contribution in [1.82, 2.24) is 9.80 Å². The first-order valence-corrected chi connectivity index (χ1v) is 4.65. The number of carbonyl (C=O) groups excluding carboxylic acids is 1. The molecular formula is C9H18N2O2. The Kier molecular flexibility index (Phi) is 3.54. The van der Waals surface area contributed by atoms with Crippen LogP contribution in [0.25, 0.3) is 0 Å². The molecular weight excluding hydrogens is 168 g/mol. The molecule has 0 aliphatic carbocycles. The van der Waals surface area contributed by atoms with Crippen LogP contribution in [0.1, 0.15) is 12.8 Å². The van der Waals surface area contributed by atoms with E-state index in [1.807, 2.05) is 0 Å². The zero-order valence-electron chi connectivity index (χ0n) is 8.62. The van der Waals surface area contributed by atoms with Crippen molar-refractivity contribution in [1.29, 1.82) is 0 Å². The van der Waals surface area contributed by atoms with Gasteiger partial charge in [0.2, 0.25) is 0 Å². The summed E-state index contributed by atoms with van der Waals surface area (Å²) in [5.74, 6) is 0. The fraction of sp³-hybridized carbons (Fsp3) is 0.889. The van der Waals surface area contributed by atoms with Gasteiger partial charge in [-0.05, 0) is 26.4 Å². The number of likely N-dealkylation sites (tertiary alicyclic amines) is 1.